The van der Waals surface area contributed by atoms with Crippen LogP contribution in [0.15, 0.2) is 33.1 Å². The van der Waals surface area contributed by atoms with Crippen LogP contribution in [0.2, 0.25) is 0 Å². The first-order valence-corrected chi connectivity index (χ1v) is 11.5. The maximum Gasteiger partial charge on any atom is 0.290 e. The van der Waals surface area contributed by atoms with Crippen LogP contribution in [0.5, 0.6) is 0 Å². The molecule has 0 N–H and O–H groups in total. The third-order valence-electron chi connectivity index (χ3n) is 5.60. The molecule has 3 heterocycles. The molecule has 4 rings (SSSR count). The van der Waals surface area contributed by atoms with E-state index in [0.29, 0.717) is 17.8 Å². The molecule has 1 aliphatic rings. The van der Waals surface area contributed by atoms with Crippen molar-refractivity contribution in [1.29, 1.82) is 0 Å². The molecule has 0 unspecified atom stereocenters. The number of rotatable bonds is 4. The van der Waals surface area contributed by atoms with Crippen molar-refractivity contribution < 1.29 is 22.0 Å². The second-order valence-corrected chi connectivity index (χ2v) is 10.2. The topological polar surface area (TPSA) is 80.7 Å². The molecule has 0 saturated carbocycles. The number of aryl methyl sites for hydroxylation is 4. The fourth-order valence-corrected chi connectivity index (χ4v) is 5.98. The Hall–Kier alpha value is -2.54. The second-order valence-electron chi connectivity index (χ2n) is 8.01. The van der Waals surface area contributed by atoms with E-state index in [0.717, 1.165) is 27.8 Å². The molecule has 7 heteroatoms. The van der Waals surface area contributed by atoms with Gasteiger partial charge in [-0.1, -0.05) is 6.07 Å². The highest BCUT2D eigenvalue weighted by atomic mass is 32.2. The van der Waals surface area contributed by atoms with Gasteiger partial charge < -0.3 is 13.7 Å². The summed E-state index contributed by atoms with van der Waals surface area (Å²) in [6, 6.07) is 7.24. The van der Waals surface area contributed by atoms with E-state index in [1.165, 1.54) is 0 Å². The number of carbonyl (C=O) groups excluding carboxylic acids is 1. The van der Waals surface area contributed by atoms with Crippen LogP contribution in [0.4, 0.5) is 0 Å². The molecule has 1 aliphatic heterocycles. The van der Waals surface area contributed by atoms with Crippen molar-refractivity contribution in [2.75, 3.05) is 11.5 Å². The van der Waals surface area contributed by atoms with Gasteiger partial charge in [-0.15, -0.1) is 0 Å². The van der Waals surface area contributed by atoms with E-state index >= 15 is 0 Å². The maximum absolute atomic E-state index is 13.5. The number of fused-ring (bicyclic) bond motifs is 1. The van der Waals surface area contributed by atoms with Crippen LogP contribution < -0.4 is 0 Å². The average molecular weight is 416 g/mol. The monoisotopic (exact) mass is 415 g/mol. The van der Waals surface area contributed by atoms with Gasteiger partial charge in [0.15, 0.2) is 15.6 Å². The fourth-order valence-electron chi connectivity index (χ4n) is 4.25. The van der Waals surface area contributed by atoms with Gasteiger partial charge in [-0.3, -0.25) is 4.79 Å². The molecular formula is C22H25NO5S. The molecule has 1 aromatic carbocycles. The summed E-state index contributed by atoms with van der Waals surface area (Å²) >= 11 is 0. The lowest BCUT2D eigenvalue weighted by molar-refractivity contribution is 0.0634. The van der Waals surface area contributed by atoms with Crippen LogP contribution in [0.3, 0.4) is 0 Å². The van der Waals surface area contributed by atoms with Crippen LogP contribution in [0, 0.1) is 27.7 Å². The smallest absolute Gasteiger partial charge is 0.290 e. The van der Waals surface area contributed by atoms with Gasteiger partial charge in [-0.25, -0.2) is 8.42 Å². The van der Waals surface area contributed by atoms with Crippen molar-refractivity contribution in [3.05, 3.63) is 58.2 Å². The van der Waals surface area contributed by atoms with Crippen LogP contribution >= 0.6 is 0 Å². The van der Waals surface area contributed by atoms with Crippen molar-refractivity contribution >= 4 is 26.7 Å². The molecule has 154 valence electrons. The Morgan fingerprint density at radius 2 is 1.90 bits per heavy atom. The number of hydrogen-bond acceptors (Lipinski definition) is 5. The van der Waals surface area contributed by atoms with Gasteiger partial charge in [-0.2, -0.15) is 0 Å². The Labute approximate surface area is 170 Å². The molecule has 1 saturated heterocycles. The average Bonchev–Trinajstić information content (AvgIpc) is 3.29. The summed E-state index contributed by atoms with van der Waals surface area (Å²) in [6.45, 7) is 7.91. The van der Waals surface area contributed by atoms with Crippen molar-refractivity contribution in [2.45, 2.75) is 46.7 Å². The van der Waals surface area contributed by atoms with Crippen molar-refractivity contribution in [3.63, 3.8) is 0 Å². The van der Waals surface area contributed by atoms with Gasteiger partial charge in [0.1, 0.15) is 17.1 Å². The van der Waals surface area contributed by atoms with E-state index in [-0.39, 0.29) is 29.7 Å². The lowest BCUT2D eigenvalue weighted by Crippen LogP contribution is -2.40. The highest BCUT2D eigenvalue weighted by Gasteiger charge is 2.37. The van der Waals surface area contributed by atoms with E-state index in [9.17, 15) is 13.2 Å². The van der Waals surface area contributed by atoms with Gasteiger partial charge >= 0.3 is 0 Å². The maximum atomic E-state index is 13.5. The zero-order valence-electron chi connectivity index (χ0n) is 17.1. The molecule has 1 fully saturated rings. The van der Waals surface area contributed by atoms with E-state index in [1.54, 1.807) is 4.90 Å². The number of hydrogen-bond donors (Lipinski definition) is 0. The molecule has 29 heavy (non-hydrogen) atoms. The van der Waals surface area contributed by atoms with E-state index in [1.807, 2.05) is 45.9 Å². The first kappa shape index (κ1) is 19.8. The van der Waals surface area contributed by atoms with E-state index < -0.39 is 15.9 Å². The van der Waals surface area contributed by atoms with Crippen LogP contribution in [-0.2, 0) is 16.4 Å². The highest BCUT2D eigenvalue weighted by molar-refractivity contribution is 7.91. The van der Waals surface area contributed by atoms with Crippen molar-refractivity contribution in [1.82, 2.24) is 4.90 Å². The molecule has 0 aliphatic carbocycles. The predicted octanol–water partition coefficient (Wildman–Crippen LogP) is 4.09. The second kappa shape index (κ2) is 7.06. The number of sulfone groups is 1. The fraction of sp³-hybridized carbons (Fsp3) is 0.409. The van der Waals surface area contributed by atoms with Crippen molar-refractivity contribution in [2.24, 2.45) is 0 Å². The number of carbonyl (C=O) groups is 1. The molecule has 6 nitrogen and oxygen atoms in total. The Bertz CT molecular complexity index is 1200. The quantitative estimate of drug-likeness (QED) is 0.641. The lowest BCUT2D eigenvalue weighted by Gasteiger charge is -2.26. The van der Waals surface area contributed by atoms with Gasteiger partial charge in [0.25, 0.3) is 5.91 Å². The summed E-state index contributed by atoms with van der Waals surface area (Å²) in [5.41, 5.74) is 3.57. The molecule has 0 bridgehead atoms. The Morgan fingerprint density at radius 3 is 2.52 bits per heavy atom. The largest absolute Gasteiger partial charge is 0.464 e. The van der Waals surface area contributed by atoms with Gasteiger partial charge in [0.05, 0.1) is 18.1 Å². The molecule has 1 amide bonds. The zero-order chi connectivity index (χ0) is 20.9. The summed E-state index contributed by atoms with van der Waals surface area (Å²) in [4.78, 5) is 15.1. The molecule has 0 spiro atoms. The van der Waals surface area contributed by atoms with Crippen LogP contribution in [0.1, 0.15) is 45.2 Å². The first-order chi connectivity index (χ1) is 13.6. The van der Waals surface area contributed by atoms with Crippen molar-refractivity contribution in [3.8, 4) is 0 Å². The Morgan fingerprint density at radius 1 is 1.14 bits per heavy atom. The summed E-state index contributed by atoms with van der Waals surface area (Å²) in [6.07, 6.45) is 0.422. The molecule has 0 radical (unpaired) electrons. The Balaban J connectivity index is 1.76. The van der Waals surface area contributed by atoms with Gasteiger partial charge in [0.2, 0.25) is 0 Å². The number of furan rings is 2. The standard InChI is InChI=1S/C22H25NO5S/c1-13-9-14(2)20-16(4)21(28-19(20)10-13)22(24)23(11-18-6-5-15(3)27-18)17-7-8-29(25,26)12-17/h5-6,9-10,17H,7-8,11-12H2,1-4H3/t17-/m1/s1. The Kier molecular flexibility index (Phi) is 4.81. The normalized spacial score (nSPS) is 18.4. The minimum absolute atomic E-state index is 0.0319. The van der Waals surface area contributed by atoms with Gasteiger partial charge in [0, 0.05) is 17.0 Å². The molecule has 2 aromatic heterocycles. The highest BCUT2D eigenvalue weighted by Crippen LogP contribution is 2.32. The van der Waals surface area contributed by atoms with Crippen LogP contribution in [0.25, 0.3) is 11.0 Å². The lowest BCUT2D eigenvalue weighted by atomic mass is 10.0. The SMILES string of the molecule is Cc1cc(C)c2c(C)c(C(=O)N(Cc3ccc(C)o3)[C@@H]3CCS(=O)(=O)C3)oc2c1. The minimum atomic E-state index is -3.15. The predicted molar refractivity (Wildman–Crippen MR) is 111 cm³/mol. The summed E-state index contributed by atoms with van der Waals surface area (Å²) in [7, 11) is -3.15. The molecule has 1 atom stereocenters. The van der Waals surface area contributed by atoms with Gasteiger partial charge in [-0.05, 0) is 63.4 Å². The minimum Gasteiger partial charge on any atom is -0.464 e. The first-order valence-electron chi connectivity index (χ1n) is 9.71. The number of benzene rings is 1. The summed E-state index contributed by atoms with van der Waals surface area (Å²) < 4.78 is 35.8. The summed E-state index contributed by atoms with van der Waals surface area (Å²) in [5.74, 6) is 1.40. The number of nitrogens with zero attached hydrogens (tertiary/aromatic N) is 1. The number of amides is 1. The van der Waals surface area contributed by atoms with E-state index in [2.05, 4.69) is 6.07 Å². The zero-order valence-corrected chi connectivity index (χ0v) is 17.9. The third-order valence-corrected chi connectivity index (χ3v) is 7.35. The van der Waals surface area contributed by atoms with E-state index in [4.69, 9.17) is 8.83 Å². The third kappa shape index (κ3) is 3.71. The molecular weight excluding hydrogens is 390 g/mol. The molecule has 3 aromatic rings. The van der Waals surface area contributed by atoms with Crippen LogP contribution in [-0.4, -0.2) is 36.8 Å². The summed E-state index contributed by atoms with van der Waals surface area (Å²) in [5, 5.41) is 0.937.